The lowest BCUT2D eigenvalue weighted by Crippen LogP contribution is -2.49. The van der Waals surface area contributed by atoms with Crippen LogP contribution in [0.3, 0.4) is 0 Å². The van der Waals surface area contributed by atoms with Crippen LogP contribution in [0, 0.1) is 0 Å². The van der Waals surface area contributed by atoms with Crippen LogP contribution in [-0.2, 0) is 4.79 Å². The molecule has 0 bridgehead atoms. The highest BCUT2D eigenvalue weighted by Crippen LogP contribution is 2.22. The average Bonchev–Trinajstić information content (AvgIpc) is 3.01. The summed E-state index contributed by atoms with van der Waals surface area (Å²) in [4.78, 5) is 28.6. The highest BCUT2D eigenvalue weighted by molar-refractivity contribution is 7.10. The summed E-state index contributed by atoms with van der Waals surface area (Å²) in [5.74, 6) is 0.109. The molecule has 0 aliphatic carbocycles. The second-order valence-electron chi connectivity index (χ2n) is 6.13. The Kier molecular flexibility index (Phi) is 6.41. The zero-order chi connectivity index (χ0) is 16.8. The average molecular weight is 338 g/mol. The molecule has 1 aliphatic rings. The van der Waals surface area contributed by atoms with Crippen LogP contribution in [0.4, 0.5) is 4.79 Å². The lowest BCUT2D eigenvalue weighted by Gasteiger charge is -2.32. The number of amides is 3. The minimum absolute atomic E-state index is 0.109. The van der Waals surface area contributed by atoms with Crippen molar-refractivity contribution in [2.75, 3.05) is 33.7 Å². The van der Waals surface area contributed by atoms with Crippen LogP contribution in [0.2, 0.25) is 0 Å². The predicted octanol–water partition coefficient (Wildman–Crippen LogP) is 1.66. The topological polar surface area (TPSA) is 64.7 Å². The zero-order valence-corrected chi connectivity index (χ0v) is 14.9. The van der Waals surface area contributed by atoms with E-state index in [0.717, 1.165) is 25.9 Å². The number of nitrogens with one attached hydrogen (secondary N) is 2. The van der Waals surface area contributed by atoms with Crippen LogP contribution in [0.1, 0.15) is 30.7 Å². The van der Waals surface area contributed by atoms with Gasteiger partial charge in [-0.15, -0.1) is 11.3 Å². The largest absolute Gasteiger partial charge is 0.343 e. The van der Waals surface area contributed by atoms with Gasteiger partial charge >= 0.3 is 6.03 Å². The van der Waals surface area contributed by atoms with Gasteiger partial charge in [0.05, 0.1) is 6.04 Å². The molecule has 2 rings (SSSR count). The van der Waals surface area contributed by atoms with Crippen molar-refractivity contribution in [2.24, 2.45) is 0 Å². The number of likely N-dealkylation sites (N-methyl/N-ethyl adjacent to an activating group) is 1. The summed E-state index contributed by atoms with van der Waals surface area (Å²) in [5.41, 5.74) is 0. The second kappa shape index (κ2) is 8.31. The van der Waals surface area contributed by atoms with E-state index in [-0.39, 0.29) is 24.0 Å². The minimum atomic E-state index is -0.130. The standard InChI is InChI=1S/C16H26N4O2S/c1-12(21)20-8-6-13(7-9-20)18-16(22)17-11-14(19(2)3)15-5-4-10-23-15/h4-5,10,13-14H,6-9,11H2,1-3H3,(H2,17,18,22)/t14-/m0/s1. The number of carbonyl (C=O) groups excluding carboxylic acids is 2. The fraction of sp³-hybridized carbons (Fsp3) is 0.625. The van der Waals surface area contributed by atoms with Crippen molar-refractivity contribution >= 4 is 23.3 Å². The number of urea groups is 1. The number of hydrogen-bond acceptors (Lipinski definition) is 4. The van der Waals surface area contributed by atoms with Gasteiger partial charge in [-0.3, -0.25) is 4.79 Å². The summed E-state index contributed by atoms with van der Waals surface area (Å²) in [6, 6.07) is 4.31. The van der Waals surface area contributed by atoms with E-state index < -0.39 is 0 Å². The Hall–Kier alpha value is -1.60. The summed E-state index contributed by atoms with van der Waals surface area (Å²) in [5, 5.41) is 8.03. The van der Waals surface area contributed by atoms with Gasteiger partial charge in [0.15, 0.2) is 0 Å². The van der Waals surface area contributed by atoms with Crippen LogP contribution in [-0.4, -0.2) is 61.5 Å². The van der Waals surface area contributed by atoms with E-state index in [2.05, 4.69) is 27.0 Å². The number of carbonyl (C=O) groups is 2. The summed E-state index contributed by atoms with van der Waals surface area (Å²) in [6.07, 6.45) is 1.63. The number of rotatable bonds is 5. The van der Waals surface area contributed by atoms with Crippen LogP contribution < -0.4 is 10.6 Å². The Morgan fingerprint density at radius 2 is 2.09 bits per heavy atom. The highest BCUT2D eigenvalue weighted by atomic mass is 32.1. The third kappa shape index (κ3) is 5.21. The summed E-state index contributed by atoms with van der Waals surface area (Å²) >= 11 is 1.70. The van der Waals surface area contributed by atoms with E-state index >= 15 is 0 Å². The molecule has 0 unspecified atom stereocenters. The van der Waals surface area contributed by atoms with Crippen LogP contribution >= 0.6 is 11.3 Å². The molecule has 1 aromatic rings. The van der Waals surface area contributed by atoms with Crippen LogP contribution in [0.5, 0.6) is 0 Å². The molecule has 1 atom stereocenters. The first kappa shape index (κ1) is 17.7. The van der Waals surface area contributed by atoms with Crippen molar-refractivity contribution in [3.63, 3.8) is 0 Å². The number of nitrogens with zero attached hydrogens (tertiary/aromatic N) is 2. The lowest BCUT2D eigenvalue weighted by molar-refractivity contribution is -0.129. The molecule has 1 fully saturated rings. The van der Waals surface area contributed by atoms with E-state index in [1.807, 2.05) is 25.1 Å². The maximum Gasteiger partial charge on any atom is 0.315 e. The molecule has 1 saturated heterocycles. The lowest BCUT2D eigenvalue weighted by atomic mass is 10.1. The normalized spacial score (nSPS) is 17.1. The Bertz CT molecular complexity index is 510. The quantitative estimate of drug-likeness (QED) is 0.858. The van der Waals surface area contributed by atoms with Gasteiger partial charge in [0.25, 0.3) is 0 Å². The van der Waals surface area contributed by atoms with Crippen LogP contribution in [0.25, 0.3) is 0 Å². The van der Waals surface area contributed by atoms with E-state index in [4.69, 9.17) is 0 Å². The predicted molar refractivity (Wildman–Crippen MR) is 92.6 cm³/mol. The summed E-state index contributed by atoms with van der Waals surface area (Å²) in [6.45, 7) is 3.60. The van der Waals surface area contributed by atoms with Gasteiger partial charge in [-0.1, -0.05) is 6.07 Å². The van der Waals surface area contributed by atoms with Crippen molar-refractivity contribution in [3.8, 4) is 0 Å². The molecule has 7 heteroatoms. The first-order valence-corrected chi connectivity index (χ1v) is 8.85. The smallest absolute Gasteiger partial charge is 0.315 e. The van der Waals surface area contributed by atoms with Gasteiger partial charge in [0, 0.05) is 37.5 Å². The Balaban J connectivity index is 1.75. The van der Waals surface area contributed by atoms with Crippen molar-refractivity contribution in [1.29, 1.82) is 0 Å². The van der Waals surface area contributed by atoms with Gasteiger partial charge in [-0.2, -0.15) is 0 Å². The number of hydrogen-bond donors (Lipinski definition) is 2. The molecular weight excluding hydrogens is 312 g/mol. The summed E-state index contributed by atoms with van der Waals surface area (Å²) < 4.78 is 0. The Morgan fingerprint density at radius 3 is 2.61 bits per heavy atom. The molecular formula is C16H26N4O2S. The molecule has 1 aromatic heterocycles. The van der Waals surface area contributed by atoms with Crippen molar-refractivity contribution in [1.82, 2.24) is 20.4 Å². The zero-order valence-electron chi connectivity index (χ0n) is 14.0. The monoisotopic (exact) mass is 338 g/mol. The number of likely N-dealkylation sites (tertiary alicyclic amines) is 1. The molecule has 0 radical (unpaired) electrons. The second-order valence-corrected chi connectivity index (χ2v) is 7.11. The van der Waals surface area contributed by atoms with E-state index in [0.29, 0.717) is 6.54 Å². The first-order valence-electron chi connectivity index (χ1n) is 7.97. The number of piperidine rings is 1. The van der Waals surface area contributed by atoms with Gasteiger partial charge in [-0.05, 0) is 38.4 Å². The number of thiophene rings is 1. The first-order chi connectivity index (χ1) is 11.0. The van der Waals surface area contributed by atoms with Gasteiger partial charge in [-0.25, -0.2) is 4.79 Å². The fourth-order valence-electron chi connectivity index (χ4n) is 2.78. The van der Waals surface area contributed by atoms with Gasteiger partial charge in [0.1, 0.15) is 0 Å². The van der Waals surface area contributed by atoms with Gasteiger partial charge in [0.2, 0.25) is 5.91 Å². The maximum absolute atomic E-state index is 12.1. The molecule has 128 valence electrons. The maximum atomic E-state index is 12.1. The van der Waals surface area contributed by atoms with Crippen LogP contribution in [0.15, 0.2) is 17.5 Å². The third-order valence-electron chi connectivity index (χ3n) is 4.23. The Morgan fingerprint density at radius 1 is 1.39 bits per heavy atom. The molecule has 0 aromatic carbocycles. The van der Waals surface area contributed by atoms with Gasteiger partial charge < -0.3 is 20.4 Å². The molecule has 6 nitrogen and oxygen atoms in total. The molecule has 0 spiro atoms. The fourth-order valence-corrected chi connectivity index (χ4v) is 3.71. The Labute approximate surface area is 141 Å². The van der Waals surface area contributed by atoms with E-state index in [9.17, 15) is 9.59 Å². The van der Waals surface area contributed by atoms with E-state index in [1.54, 1.807) is 18.3 Å². The molecule has 2 heterocycles. The minimum Gasteiger partial charge on any atom is -0.343 e. The molecule has 2 N–H and O–H groups in total. The van der Waals surface area contributed by atoms with Crippen molar-refractivity contribution in [3.05, 3.63) is 22.4 Å². The van der Waals surface area contributed by atoms with E-state index in [1.165, 1.54) is 4.88 Å². The molecule has 1 aliphatic heterocycles. The third-order valence-corrected chi connectivity index (χ3v) is 5.20. The molecule has 0 saturated carbocycles. The highest BCUT2D eigenvalue weighted by Gasteiger charge is 2.22. The van der Waals surface area contributed by atoms with Crippen molar-refractivity contribution < 1.29 is 9.59 Å². The van der Waals surface area contributed by atoms with Crippen molar-refractivity contribution in [2.45, 2.75) is 31.8 Å². The molecule has 3 amide bonds. The molecule has 23 heavy (non-hydrogen) atoms. The summed E-state index contributed by atoms with van der Waals surface area (Å²) in [7, 11) is 4.03. The SMILES string of the molecule is CC(=O)N1CCC(NC(=O)NC[C@@H](c2cccs2)N(C)C)CC1.